The summed E-state index contributed by atoms with van der Waals surface area (Å²) in [6.07, 6.45) is 0. The molecule has 1 unspecified atom stereocenters. The Hall–Kier alpha value is -3.12. The average molecular weight is 408 g/mol. The molecule has 0 heterocycles. The van der Waals surface area contributed by atoms with E-state index in [-0.39, 0.29) is 23.4 Å². The van der Waals surface area contributed by atoms with Gasteiger partial charge in [0.25, 0.3) is 0 Å². The summed E-state index contributed by atoms with van der Waals surface area (Å²) >= 11 is 1.24. The molecule has 0 saturated heterocycles. The molecule has 2 N–H and O–H groups in total. The van der Waals surface area contributed by atoms with Crippen molar-refractivity contribution in [2.24, 2.45) is 0 Å². The highest BCUT2D eigenvalue weighted by atomic mass is 32.2. The molecule has 3 rings (SSSR count). The molecule has 0 radical (unpaired) electrons. The number of anilines is 2. The van der Waals surface area contributed by atoms with Gasteiger partial charge in [-0.25, -0.2) is 4.39 Å². The van der Waals surface area contributed by atoms with E-state index in [2.05, 4.69) is 10.6 Å². The van der Waals surface area contributed by atoms with Crippen LogP contribution in [0.15, 0.2) is 78.9 Å². The van der Waals surface area contributed by atoms with Gasteiger partial charge in [-0.3, -0.25) is 9.59 Å². The second kappa shape index (κ2) is 9.89. The predicted molar refractivity (Wildman–Crippen MR) is 117 cm³/mol. The van der Waals surface area contributed by atoms with Crippen LogP contribution in [-0.4, -0.2) is 22.8 Å². The minimum Gasteiger partial charge on any atom is -0.325 e. The van der Waals surface area contributed by atoms with Crippen molar-refractivity contribution in [3.05, 3.63) is 84.7 Å². The summed E-state index contributed by atoms with van der Waals surface area (Å²) in [5, 5.41) is 5.22. The maximum absolute atomic E-state index is 12.9. The van der Waals surface area contributed by atoms with Crippen molar-refractivity contribution in [1.29, 1.82) is 0 Å². The maximum Gasteiger partial charge on any atom is 0.237 e. The van der Waals surface area contributed by atoms with Gasteiger partial charge in [-0.2, -0.15) is 0 Å². The molecular weight excluding hydrogens is 387 g/mol. The normalized spacial score (nSPS) is 11.5. The van der Waals surface area contributed by atoms with E-state index in [0.717, 1.165) is 16.8 Å². The monoisotopic (exact) mass is 408 g/mol. The molecule has 148 valence electrons. The molecule has 0 aliphatic heterocycles. The SMILES string of the molecule is CC(SCC(=O)Nc1ccc(F)cc1)C(=O)Nc1ccccc1-c1ccccc1. The summed E-state index contributed by atoms with van der Waals surface area (Å²) in [6.45, 7) is 1.76. The lowest BCUT2D eigenvalue weighted by atomic mass is 10.0. The fraction of sp³-hybridized carbons (Fsp3) is 0.130. The maximum atomic E-state index is 12.9. The van der Waals surface area contributed by atoms with Crippen molar-refractivity contribution in [1.82, 2.24) is 0 Å². The van der Waals surface area contributed by atoms with Crippen LogP contribution in [0.2, 0.25) is 0 Å². The number of hydrogen-bond acceptors (Lipinski definition) is 3. The Kier molecular flexibility index (Phi) is 7.03. The molecule has 0 aliphatic carbocycles. The molecular formula is C23H21FN2O2S. The van der Waals surface area contributed by atoms with Gasteiger partial charge in [0.05, 0.1) is 11.0 Å². The Morgan fingerprint density at radius 1 is 0.897 bits per heavy atom. The first-order chi connectivity index (χ1) is 14.0. The molecule has 4 nitrogen and oxygen atoms in total. The van der Waals surface area contributed by atoms with E-state index in [0.29, 0.717) is 5.69 Å². The Labute approximate surface area is 173 Å². The summed E-state index contributed by atoms with van der Waals surface area (Å²) in [6, 6.07) is 23.0. The van der Waals surface area contributed by atoms with Crippen molar-refractivity contribution in [3.63, 3.8) is 0 Å². The molecule has 0 spiro atoms. The minimum atomic E-state index is -0.419. The number of halogens is 1. The molecule has 3 aromatic carbocycles. The van der Waals surface area contributed by atoms with Crippen molar-refractivity contribution in [2.45, 2.75) is 12.2 Å². The molecule has 0 bridgehead atoms. The summed E-state index contributed by atoms with van der Waals surface area (Å²) in [5.74, 6) is -0.663. The fourth-order valence-corrected chi connectivity index (χ4v) is 3.39. The number of amides is 2. The lowest BCUT2D eigenvalue weighted by Crippen LogP contribution is -2.25. The summed E-state index contributed by atoms with van der Waals surface area (Å²) in [7, 11) is 0. The number of para-hydroxylation sites is 1. The highest BCUT2D eigenvalue weighted by Gasteiger charge is 2.17. The standard InChI is InChI=1S/C23H21FN2O2S/c1-16(29-15-22(27)25-19-13-11-18(24)12-14-19)23(28)26-21-10-6-5-9-20(21)17-7-3-2-4-8-17/h2-14,16H,15H2,1H3,(H,25,27)(H,26,28). The largest absolute Gasteiger partial charge is 0.325 e. The Morgan fingerprint density at radius 2 is 1.55 bits per heavy atom. The van der Waals surface area contributed by atoms with Gasteiger partial charge in [-0.15, -0.1) is 11.8 Å². The van der Waals surface area contributed by atoms with Crippen LogP contribution in [0.4, 0.5) is 15.8 Å². The third-order valence-corrected chi connectivity index (χ3v) is 5.37. The number of carbonyl (C=O) groups is 2. The molecule has 2 amide bonds. The van der Waals surface area contributed by atoms with Crippen LogP contribution in [0.1, 0.15) is 6.92 Å². The quantitative estimate of drug-likeness (QED) is 0.566. The van der Waals surface area contributed by atoms with E-state index in [1.165, 1.54) is 36.0 Å². The van der Waals surface area contributed by atoms with Gasteiger partial charge >= 0.3 is 0 Å². The summed E-state index contributed by atoms with van der Waals surface area (Å²) in [4.78, 5) is 24.7. The molecule has 3 aromatic rings. The van der Waals surface area contributed by atoms with Crippen LogP contribution in [0.25, 0.3) is 11.1 Å². The van der Waals surface area contributed by atoms with Gasteiger partial charge in [0, 0.05) is 16.9 Å². The number of hydrogen-bond donors (Lipinski definition) is 2. The van der Waals surface area contributed by atoms with Crippen molar-refractivity contribution in [3.8, 4) is 11.1 Å². The zero-order valence-corrected chi connectivity index (χ0v) is 16.7. The van der Waals surface area contributed by atoms with Gasteiger partial charge in [0.15, 0.2) is 0 Å². The van der Waals surface area contributed by atoms with Crippen LogP contribution in [0.5, 0.6) is 0 Å². The van der Waals surface area contributed by atoms with Gasteiger partial charge in [-0.05, 0) is 42.8 Å². The Morgan fingerprint density at radius 3 is 2.28 bits per heavy atom. The molecule has 29 heavy (non-hydrogen) atoms. The van der Waals surface area contributed by atoms with E-state index in [1.54, 1.807) is 6.92 Å². The minimum absolute atomic E-state index is 0.117. The topological polar surface area (TPSA) is 58.2 Å². The zero-order valence-electron chi connectivity index (χ0n) is 15.9. The molecule has 0 saturated carbocycles. The number of rotatable bonds is 7. The van der Waals surface area contributed by atoms with Crippen molar-refractivity contribution >= 4 is 35.0 Å². The Balaban J connectivity index is 1.56. The zero-order chi connectivity index (χ0) is 20.6. The molecule has 0 aromatic heterocycles. The van der Waals surface area contributed by atoms with Crippen LogP contribution in [0.3, 0.4) is 0 Å². The third-order valence-electron chi connectivity index (χ3n) is 4.23. The predicted octanol–water partition coefficient (Wildman–Crippen LogP) is 5.19. The first-order valence-corrected chi connectivity index (χ1v) is 10.2. The number of carbonyl (C=O) groups excluding carboxylic acids is 2. The van der Waals surface area contributed by atoms with E-state index in [9.17, 15) is 14.0 Å². The second-order valence-electron chi connectivity index (χ2n) is 6.41. The highest BCUT2D eigenvalue weighted by Crippen LogP contribution is 2.28. The molecule has 6 heteroatoms. The van der Waals surface area contributed by atoms with E-state index in [1.807, 2.05) is 54.6 Å². The van der Waals surface area contributed by atoms with Gasteiger partial charge in [-0.1, -0.05) is 48.5 Å². The average Bonchev–Trinajstić information content (AvgIpc) is 2.74. The fourth-order valence-electron chi connectivity index (χ4n) is 2.70. The van der Waals surface area contributed by atoms with Crippen LogP contribution in [0, 0.1) is 5.82 Å². The smallest absolute Gasteiger partial charge is 0.237 e. The summed E-state index contributed by atoms with van der Waals surface area (Å²) < 4.78 is 12.9. The first kappa shape index (κ1) is 20.6. The molecule has 0 fully saturated rings. The van der Waals surface area contributed by atoms with Gasteiger partial charge in [0.2, 0.25) is 11.8 Å². The van der Waals surface area contributed by atoms with Crippen LogP contribution < -0.4 is 10.6 Å². The van der Waals surface area contributed by atoms with Crippen LogP contribution in [-0.2, 0) is 9.59 Å². The van der Waals surface area contributed by atoms with Crippen molar-refractivity contribution in [2.75, 3.05) is 16.4 Å². The Bertz CT molecular complexity index is 978. The van der Waals surface area contributed by atoms with Gasteiger partial charge in [0.1, 0.15) is 5.82 Å². The van der Waals surface area contributed by atoms with Crippen molar-refractivity contribution < 1.29 is 14.0 Å². The molecule has 1 atom stereocenters. The van der Waals surface area contributed by atoms with E-state index < -0.39 is 5.25 Å². The second-order valence-corrected chi connectivity index (χ2v) is 7.74. The third kappa shape index (κ3) is 5.93. The summed E-state index contributed by atoms with van der Waals surface area (Å²) in [5.41, 5.74) is 3.20. The highest BCUT2D eigenvalue weighted by molar-refractivity contribution is 8.01. The first-order valence-electron chi connectivity index (χ1n) is 9.15. The number of nitrogens with one attached hydrogen (secondary N) is 2. The van der Waals surface area contributed by atoms with E-state index in [4.69, 9.17) is 0 Å². The lowest BCUT2D eigenvalue weighted by molar-refractivity contribution is -0.115. The number of thioether (sulfide) groups is 1. The van der Waals surface area contributed by atoms with Gasteiger partial charge < -0.3 is 10.6 Å². The number of benzene rings is 3. The lowest BCUT2D eigenvalue weighted by Gasteiger charge is -2.15. The molecule has 0 aliphatic rings. The van der Waals surface area contributed by atoms with E-state index >= 15 is 0 Å². The van der Waals surface area contributed by atoms with Crippen LogP contribution >= 0.6 is 11.8 Å².